The Morgan fingerprint density at radius 2 is 1.89 bits per heavy atom. The normalized spacial score (nSPS) is 16.5. The summed E-state index contributed by atoms with van der Waals surface area (Å²) in [7, 11) is -3.86. The highest BCUT2D eigenvalue weighted by molar-refractivity contribution is 7.90. The van der Waals surface area contributed by atoms with Crippen molar-refractivity contribution in [3.05, 3.63) is 46.0 Å². The Bertz CT molecular complexity index is 1290. The number of benzene rings is 2. The Balaban J connectivity index is 1.70. The first-order valence-electron chi connectivity index (χ1n) is 11.6. The van der Waals surface area contributed by atoms with Crippen LogP contribution in [0.25, 0.3) is 0 Å². The van der Waals surface area contributed by atoms with Crippen LogP contribution >= 0.6 is 11.6 Å². The zero-order valence-electron chi connectivity index (χ0n) is 19.9. The van der Waals surface area contributed by atoms with Gasteiger partial charge >= 0.3 is 0 Å². The summed E-state index contributed by atoms with van der Waals surface area (Å²) in [6.45, 7) is 8.45. The summed E-state index contributed by atoms with van der Waals surface area (Å²) in [6, 6.07) is 6.39. The first-order chi connectivity index (χ1) is 16.6. The first-order valence-corrected chi connectivity index (χ1v) is 13.6. The molecule has 1 amide bonds. The molecule has 35 heavy (non-hydrogen) atoms. The second-order valence-corrected chi connectivity index (χ2v) is 11.2. The number of ether oxygens (including phenoxy) is 1. The smallest absolute Gasteiger partial charge is 0.280 e. The van der Waals surface area contributed by atoms with Crippen molar-refractivity contribution < 1.29 is 17.9 Å². The lowest BCUT2D eigenvalue weighted by molar-refractivity contribution is 0.100. The molecule has 4 N–H and O–H groups in total. The van der Waals surface area contributed by atoms with Gasteiger partial charge in [-0.25, -0.2) is 8.42 Å². The summed E-state index contributed by atoms with van der Waals surface area (Å²) in [4.78, 5) is 20.4. The van der Waals surface area contributed by atoms with Crippen LogP contribution in [0.3, 0.4) is 0 Å². The Hall–Kier alpha value is -2.82. The van der Waals surface area contributed by atoms with E-state index in [4.69, 9.17) is 27.8 Å². The molecule has 2 aliphatic heterocycles. The van der Waals surface area contributed by atoms with Gasteiger partial charge in [0.05, 0.1) is 10.8 Å². The van der Waals surface area contributed by atoms with Gasteiger partial charge in [-0.05, 0) is 69.6 Å². The van der Waals surface area contributed by atoms with Crippen molar-refractivity contribution in [1.82, 2.24) is 4.90 Å². The molecule has 0 unspecified atom stereocenters. The maximum atomic E-state index is 13.4. The van der Waals surface area contributed by atoms with Gasteiger partial charge in [-0.3, -0.25) is 4.79 Å². The molecule has 0 atom stereocenters. The number of nitrogens with two attached hydrogens (primary N) is 2. The summed E-state index contributed by atoms with van der Waals surface area (Å²) in [5.41, 5.74) is 12.4. The molecule has 2 heterocycles. The molecular formula is C24H30ClN5O4S. The molecule has 1 saturated heterocycles. The number of rotatable bonds is 6. The number of fused-ring (bicyclic) bond motifs is 2. The number of aliphatic imine (C=N–C) groups is 1. The number of amides is 1. The number of likely N-dealkylation sites (N-methyl/N-ethyl adjacent to an activating group) is 1. The lowest BCUT2D eigenvalue weighted by Gasteiger charge is -2.27. The van der Waals surface area contributed by atoms with E-state index in [1.165, 1.54) is 25.0 Å². The molecule has 0 aliphatic carbocycles. The predicted molar refractivity (Wildman–Crippen MR) is 137 cm³/mol. The van der Waals surface area contributed by atoms with E-state index in [-0.39, 0.29) is 22.0 Å². The SMILES string of the molecule is CCN(CCN1CCCC1)c1cc(Cl)c2c(c1)CS(=O)(=O)c1cc(C(=O)N=C(N)N)cc(C)c1O2. The molecule has 0 radical (unpaired) electrons. The van der Waals surface area contributed by atoms with Crippen LogP contribution in [0.4, 0.5) is 5.69 Å². The Labute approximate surface area is 210 Å². The molecule has 1 fully saturated rings. The van der Waals surface area contributed by atoms with Gasteiger partial charge in [0.2, 0.25) is 0 Å². The van der Waals surface area contributed by atoms with E-state index in [0.717, 1.165) is 38.4 Å². The van der Waals surface area contributed by atoms with E-state index in [0.29, 0.717) is 21.9 Å². The van der Waals surface area contributed by atoms with Crippen LogP contribution in [0, 0.1) is 6.92 Å². The number of hydrogen-bond acceptors (Lipinski definition) is 6. The van der Waals surface area contributed by atoms with E-state index in [9.17, 15) is 13.2 Å². The van der Waals surface area contributed by atoms with Crippen molar-refractivity contribution in [2.75, 3.05) is 37.6 Å². The second-order valence-electron chi connectivity index (χ2n) is 8.87. The van der Waals surface area contributed by atoms with Crippen LogP contribution in [0.2, 0.25) is 5.02 Å². The third kappa shape index (κ3) is 5.39. The van der Waals surface area contributed by atoms with Gasteiger partial charge in [0.1, 0.15) is 16.4 Å². The summed E-state index contributed by atoms with van der Waals surface area (Å²) in [6.07, 6.45) is 2.45. The Kier molecular flexibility index (Phi) is 7.25. The van der Waals surface area contributed by atoms with E-state index in [1.54, 1.807) is 6.92 Å². The summed E-state index contributed by atoms with van der Waals surface area (Å²) in [5, 5.41) is 0.334. The van der Waals surface area contributed by atoms with Crippen molar-refractivity contribution in [1.29, 1.82) is 0 Å². The largest absolute Gasteiger partial charge is 0.454 e. The zero-order valence-corrected chi connectivity index (χ0v) is 21.5. The van der Waals surface area contributed by atoms with Crippen molar-refractivity contribution >= 4 is 39.0 Å². The fraction of sp³-hybridized carbons (Fsp3) is 0.417. The van der Waals surface area contributed by atoms with Crippen molar-refractivity contribution in [3.8, 4) is 11.5 Å². The third-order valence-corrected chi connectivity index (χ3v) is 8.29. The lowest BCUT2D eigenvalue weighted by Crippen LogP contribution is -2.33. The number of carbonyl (C=O) groups excluding carboxylic acids is 1. The minimum absolute atomic E-state index is 0.0543. The summed E-state index contributed by atoms with van der Waals surface area (Å²) < 4.78 is 32.9. The van der Waals surface area contributed by atoms with Crippen molar-refractivity contribution in [2.24, 2.45) is 16.5 Å². The summed E-state index contributed by atoms with van der Waals surface area (Å²) in [5.74, 6) is -1.00. The highest BCUT2D eigenvalue weighted by Crippen LogP contribution is 2.45. The molecule has 2 aromatic carbocycles. The monoisotopic (exact) mass is 519 g/mol. The number of nitrogens with zero attached hydrogens (tertiary/aromatic N) is 3. The van der Waals surface area contributed by atoms with E-state index >= 15 is 0 Å². The molecule has 0 bridgehead atoms. The maximum absolute atomic E-state index is 13.4. The number of likely N-dealkylation sites (tertiary alicyclic amines) is 1. The number of anilines is 1. The minimum atomic E-state index is -3.86. The fourth-order valence-corrected chi connectivity index (χ4v) is 6.41. The van der Waals surface area contributed by atoms with Crippen LogP contribution in [0.15, 0.2) is 34.2 Å². The van der Waals surface area contributed by atoms with Gasteiger partial charge in [-0.2, -0.15) is 4.99 Å². The Morgan fingerprint density at radius 1 is 1.17 bits per heavy atom. The topological polar surface area (TPSA) is 131 Å². The fourth-order valence-electron chi connectivity index (χ4n) is 4.57. The highest BCUT2D eigenvalue weighted by Gasteiger charge is 2.31. The highest BCUT2D eigenvalue weighted by atomic mass is 35.5. The molecule has 0 saturated carbocycles. The molecule has 0 aromatic heterocycles. The lowest BCUT2D eigenvalue weighted by atomic mass is 10.1. The standard InChI is InChI=1S/C24H30ClN5O4S/c1-3-30(9-8-29-6-4-5-7-29)18-11-17-14-35(32,33)20-12-16(23(31)28-24(26)27)10-15(2)21(20)34-22(17)19(25)13-18/h10-13H,3-9,14H2,1-2H3,(H4,26,27,28,31). The minimum Gasteiger partial charge on any atom is -0.454 e. The van der Waals surface area contributed by atoms with Crippen LogP contribution in [-0.4, -0.2) is 57.9 Å². The molecule has 2 aliphatic rings. The summed E-state index contributed by atoms with van der Waals surface area (Å²) >= 11 is 6.64. The predicted octanol–water partition coefficient (Wildman–Crippen LogP) is 3.06. The maximum Gasteiger partial charge on any atom is 0.280 e. The molecule has 9 nitrogen and oxygen atoms in total. The van der Waals surface area contributed by atoms with Gasteiger partial charge in [0.15, 0.2) is 15.8 Å². The number of carbonyl (C=O) groups is 1. The zero-order chi connectivity index (χ0) is 25.3. The number of halogens is 1. The van der Waals surface area contributed by atoms with E-state index < -0.39 is 21.7 Å². The van der Waals surface area contributed by atoms with Gasteiger partial charge in [-0.15, -0.1) is 0 Å². The van der Waals surface area contributed by atoms with Gasteiger partial charge in [0.25, 0.3) is 5.91 Å². The van der Waals surface area contributed by atoms with Crippen molar-refractivity contribution in [3.63, 3.8) is 0 Å². The second kappa shape index (κ2) is 10.0. The van der Waals surface area contributed by atoms with Crippen LogP contribution in [0.5, 0.6) is 11.5 Å². The van der Waals surface area contributed by atoms with Gasteiger partial charge < -0.3 is 26.0 Å². The van der Waals surface area contributed by atoms with Crippen LogP contribution in [0.1, 0.15) is 41.3 Å². The molecule has 11 heteroatoms. The molecule has 0 spiro atoms. The average Bonchev–Trinajstić information content (AvgIpc) is 3.26. The first kappa shape index (κ1) is 25.3. The van der Waals surface area contributed by atoms with Crippen molar-refractivity contribution in [2.45, 2.75) is 37.3 Å². The van der Waals surface area contributed by atoms with Crippen LogP contribution < -0.4 is 21.1 Å². The van der Waals surface area contributed by atoms with E-state index in [2.05, 4.69) is 21.7 Å². The van der Waals surface area contributed by atoms with E-state index in [1.807, 2.05) is 12.1 Å². The number of hydrogen-bond donors (Lipinski definition) is 2. The van der Waals surface area contributed by atoms with Crippen LogP contribution in [-0.2, 0) is 15.6 Å². The van der Waals surface area contributed by atoms with Gasteiger partial charge in [-0.1, -0.05) is 11.6 Å². The molecule has 2 aromatic rings. The molecular weight excluding hydrogens is 490 g/mol. The number of guanidine groups is 1. The number of aryl methyl sites for hydroxylation is 1. The third-order valence-electron chi connectivity index (χ3n) is 6.34. The quantitative estimate of drug-likeness (QED) is 0.439. The van der Waals surface area contributed by atoms with Gasteiger partial charge in [0, 0.05) is 36.4 Å². The molecule has 188 valence electrons. The molecule has 4 rings (SSSR count). The average molecular weight is 520 g/mol. The Morgan fingerprint density at radius 3 is 2.54 bits per heavy atom. The number of sulfone groups is 1.